The van der Waals surface area contributed by atoms with Gasteiger partial charge in [-0.25, -0.2) is 0 Å². The quantitative estimate of drug-likeness (QED) is 0.583. The van der Waals surface area contributed by atoms with Gasteiger partial charge in [0.2, 0.25) is 5.88 Å². The molecule has 4 N–H and O–H groups in total. The SMILES string of the molecule is O=C(O)CCCCCc1cccn1-n1c(O)cc(O)c1O. The maximum atomic E-state index is 10.4. The van der Waals surface area contributed by atoms with Crippen molar-refractivity contribution in [1.29, 1.82) is 0 Å². The lowest BCUT2D eigenvalue weighted by molar-refractivity contribution is -0.137. The lowest BCUT2D eigenvalue weighted by Gasteiger charge is -2.12. The molecule has 0 atom stereocenters. The summed E-state index contributed by atoms with van der Waals surface area (Å²) in [6.45, 7) is 0. The molecule has 0 saturated heterocycles. The number of aromatic hydroxyl groups is 3. The van der Waals surface area contributed by atoms with Crippen molar-refractivity contribution >= 4 is 5.97 Å². The van der Waals surface area contributed by atoms with Crippen molar-refractivity contribution in [3.63, 3.8) is 0 Å². The maximum absolute atomic E-state index is 10.4. The Morgan fingerprint density at radius 3 is 2.52 bits per heavy atom. The van der Waals surface area contributed by atoms with Gasteiger partial charge >= 0.3 is 5.97 Å². The molecule has 0 aromatic carbocycles. The zero-order valence-corrected chi connectivity index (χ0v) is 11.4. The van der Waals surface area contributed by atoms with E-state index in [4.69, 9.17) is 5.11 Å². The molecule has 2 aromatic rings. The van der Waals surface area contributed by atoms with Crippen molar-refractivity contribution in [2.24, 2.45) is 0 Å². The van der Waals surface area contributed by atoms with Gasteiger partial charge in [-0.05, 0) is 31.4 Å². The van der Waals surface area contributed by atoms with Crippen molar-refractivity contribution in [2.45, 2.75) is 32.1 Å². The molecule has 0 radical (unpaired) electrons. The van der Waals surface area contributed by atoms with Crippen LogP contribution in [-0.2, 0) is 11.2 Å². The number of carbonyl (C=O) groups is 1. The van der Waals surface area contributed by atoms with Gasteiger partial charge < -0.3 is 20.4 Å². The molecular formula is C14H18N2O5. The summed E-state index contributed by atoms with van der Waals surface area (Å²) in [6.07, 6.45) is 4.69. The molecule has 0 aliphatic rings. The number of carboxylic acid groups (broad SMARTS) is 1. The average Bonchev–Trinajstić information content (AvgIpc) is 2.95. The van der Waals surface area contributed by atoms with E-state index in [1.807, 2.05) is 6.07 Å². The van der Waals surface area contributed by atoms with Gasteiger partial charge in [-0.1, -0.05) is 6.42 Å². The Hall–Kier alpha value is -2.57. The second-order valence-electron chi connectivity index (χ2n) is 4.82. The first-order chi connectivity index (χ1) is 10.0. The van der Waals surface area contributed by atoms with E-state index in [1.165, 1.54) is 0 Å². The van der Waals surface area contributed by atoms with E-state index < -0.39 is 17.6 Å². The van der Waals surface area contributed by atoms with Crippen LogP contribution in [0.3, 0.4) is 0 Å². The minimum absolute atomic E-state index is 0.161. The van der Waals surface area contributed by atoms with Crippen molar-refractivity contribution in [3.05, 3.63) is 30.1 Å². The lowest BCUT2D eigenvalue weighted by Crippen LogP contribution is -2.10. The highest BCUT2D eigenvalue weighted by atomic mass is 16.4. The number of rotatable bonds is 7. The van der Waals surface area contributed by atoms with E-state index in [0.29, 0.717) is 12.8 Å². The predicted molar refractivity (Wildman–Crippen MR) is 74.5 cm³/mol. The first kappa shape index (κ1) is 14.8. The van der Waals surface area contributed by atoms with Gasteiger partial charge in [0.15, 0.2) is 5.75 Å². The summed E-state index contributed by atoms with van der Waals surface area (Å²) >= 11 is 0. The third-order valence-electron chi connectivity index (χ3n) is 3.26. The molecule has 2 aromatic heterocycles. The molecule has 0 aliphatic carbocycles. The molecule has 2 heterocycles. The third kappa shape index (κ3) is 3.31. The highest BCUT2D eigenvalue weighted by Crippen LogP contribution is 2.33. The number of aliphatic carboxylic acids is 1. The van der Waals surface area contributed by atoms with E-state index >= 15 is 0 Å². The summed E-state index contributed by atoms with van der Waals surface area (Å²) in [5, 5.41) is 37.5. The van der Waals surface area contributed by atoms with Gasteiger partial charge in [-0.15, -0.1) is 0 Å². The number of hydrogen-bond donors (Lipinski definition) is 4. The Morgan fingerprint density at radius 2 is 1.90 bits per heavy atom. The Labute approximate surface area is 121 Å². The number of hydrogen-bond acceptors (Lipinski definition) is 4. The van der Waals surface area contributed by atoms with Crippen LogP contribution in [0.4, 0.5) is 0 Å². The lowest BCUT2D eigenvalue weighted by atomic mass is 10.1. The monoisotopic (exact) mass is 294 g/mol. The summed E-state index contributed by atoms with van der Waals surface area (Å²) in [5.74, 6) is -1.89. The molecular weight excluding hydrogens is 276 g/mol. The Morgan fingerprint density at radius 1 is 1.14 bits per heavy atom. The molecule has 0 saturated carbocycles. The Balaban J connectivity index is 2.04. The Kier molecular flexibility index (Phi) is 4.42. The molecule has 7 heteroatoms. The van der Waals surface area contributed by atoms with Gasteiger partial charge in [0.1, 0.15) is 0 Å². The fourth-order valence-electron chi connectivity index (χ4n) is 2.24. The fraction of sp³-hybridized carbons (Fsp3) is 0.357. The fourth-order valence-corrected chi connectivity index (χ4v) is 2.24. The number of carboxylic acids is 1. The number of aromatic nitrogens is 2. The van der Waals surface area contributed by atoms with Gasteiger partial charge in [0.25, 0.3) is 5.88 Å². The highest BCUT2D eigenvalue weighted by molar-refractivity contribution is 5.66. The van der Waals surface area contributed by atoms with E-state index in [9.17, 15) is 20.1 Å². The number of aryl methyl sites for hydroxylation is 1. The third-order valence-corrected chi connectivity index (χ3v) is 3.26. The summed E-state index contributed by atoms with van der Waals surface area (Å²) in [5.41, 5.74) is 0.839. The molecule has 7 nitrogen and oxygen atoms in total. The highest BCUT2D eigenvalue weighted by Gasteiger charge is 2.16. The van der Waals surface area contributed by atoms with Crippen LogP contribution in [0.2, 0.25) is 0 Å². The van der Waals surface area contributed by atoms with Crippen molar-refractivity contribution in [2.75, 3.05) is 0 Å². The number of unbranched alkanes of at least 4 members (excludes halogenated alkanes) is 2. The zero-order valence-electron chi connectivity index (χ0n) is 11.4. The summed E-state index contributed by atoms with van der Waals surface area (Å²) in [7, 11) is 0. The molecule has 2 rings (SSSR count). The molecule has 21 heavy (non-hydrogen) atoms. The maximum Gasteiger partial charge on any atom is 0.303 e. The average molecular weight is 294 g/mol. The van der Waals surface area contributed by atoms with Crippen LogP contribution in [0.25, 0.3) is 0 Å². The molecule has 0 bridgehead atoms. The van der Waals surface area contributed by atoms with Crippen molar-refractivity contribution < 1.29 is 25.2 Å². The van der Waals surface area contributed by atoms with Gasteiger partial charge in [0, 0.05) is 24.4 Å². The second kappa shape index (κ2) is 6.25. The second-order valence-corrected chi connectivity index (χ2v) is 4.82. The van der Waals surface area contributed by atoms with Crippen LogP contribution in [0.5, 0.6) is 17.5 Å². The minimum atomic E-state index is -0.795. The van der Waals surface area contributed by atoms with Crippen LogP contribution in [0.1, 0.15) is 31.4 Å². The molecule has 0 amide bonds. The van der Waals surface area contributed by atoms with Crippen LogP contribution in [0.15, 0.2) is 24.4 Å². The largest absolute Gasteiger partial charge is 0.503 e. The summed E-state index contributed by atoms with van der Waals surface area (Å²) in [4.78, 5) is 10.4. The first-order valence-electron chi connectivity index (χ1n) is 6.72. The van der Waals surface area contributed by atoms with Crippen LogP contribution < -0.4 is 0 Å². The van der Waals surface area contributed by atoms with Gasteiger partial charge in [-0.3, -0.25) is 9.47 Å². The van der Waals surface area contributed by atoms with Crippen LogP contribution in [0, 0.1) is 0 Å². The van der Waals surface area contributed by atoms with Crippen LogP contribution >= 0.6 is 0 Å². The topological polar surface area (TPSA) is 108 Å². The zero-order chi connectivity index (χ0) is 15.4. The summed E-state index contributed by atoms with van der Waals surface area (Å²) < 4.78 is 2.64. The molecule has 0 fully saturated rings. The van der Waals surface area contributed by atoms with Gasteiger partial charge in [0.05, 0.1) is 0 Å². The molecule has 0 spiro atoms. The van der Waals surface area contributed by atoms with Gasteiger partial charge in [-0.2, -0.15) is 4.68 Å². The molecule has 114 valence electrons. The number of nitrogens with zero attached hydrogens (tertiary/aromatic N) is 2. The normalized spacial score (nSPS) is 10.9. The predicted octanol–water partition coefficient (Wildman–Crippen LogP) is 1.91. The Bertz CT molecular complexity index is 629. The van der Waals surface area contributed by atoms with E-state index in [-0.39, 0.29) is 12.3 Å². The smallest absolute Gasteiger partial charge is 0.303 e. The standard InChI is InChI=1S/C14H18N2O5/c17-11-9-12(18)16(14(11)21)15-8-4-6-10(15)5-2-1-3-7-13(19)20/h4,6,8-9,17-18,21H,1-3,5,7H2,(H,19,20). The van der Waals surface area contributed by atoms with E-state index in [1.54, 1.807) is 16.9 Å². The van der Waals surface area contributed by atoms with Crippen molar-refractivity contribution in [1.82, 2.24) is 9.35 Å². The first-order valence-corrected chi connectivity index (χ1v) is 6.72. The summed E-state index contributed by atoms with van der Waals surface area (Å²) in [6, 6.07) is 4.67. The van der Waals surface area contributed by atoms with Crippen molar-refractivity contribution in [3.8, 4) is 17.5 Å². The van der Waals surface area contributed by atoms with E-state index in [0.717, 1.165) is 29.3 Å². The molecule has 0 aliphatic heterocycles. The molecule has 0 unspecified atom stereocenters. The minimum Gasteiger partial charge on any atom is -0.503 e. The van der Waals surface area contributed by atoms with E-state index in [2.05, 4.69) is 0 Å². The van der Waals surface area contributed by atoms with Crippen LogP contribution in [-0.4, -0.2) is 35.7 Å².